The van der Waals surface area contributed by atoms with Gasteiger partial charge in [0.2, 0.25) is 5.91 Å². The van der Waals surface area contributed by atoms with Gasteiger partial charge in [0.15, 0.2) is 0 Å². The van der Waals surface area contributed by atoms with Crippen LogP contribution in [0.5, 0.6) is 0 Å². The second kappa shape index (κ2) is 5.83. The molecule has 1 fully saturated rings. The van der Waals surface area contributed by atoms with Crippen molar-refractivity contribution in [1.82, 2.24) is 0 Å². The van der Waals surface area contributed by atoms with Crippen LogP contribution in [0.4, 0.5) is 15.8 Å². The number of hydrogen-bond donors (Lipinski definition) is 1. The molecule has 5 heteroatoms. The third-order valence-corrected chi connectivity index (χ3v) is 4.01. The molecule has 1 aliphatic heterocycles. The maximum atomic E-state index is 13.7. The lowest BCUT2D eigenvalue weighted by Gasteiger charge is -2.20. The van der Waals surface area contributed by atoms with Gasteiger partial charge >= 0.3 is 0 Å². The molecule has 2 aromatic rings. The minimum Gasteiger partial charge on any atom is -0.371 e. The number of benzene rings is 2. The summed E-state index contributed by atoms with van der Waals surface area (Å²) < 4.78 is 13.7. The second-order valence-corrected chi connectivity index (χ2v) is 5.69. The summed E-state index contributed by atoms with van der Waals surface area (Å²) in [6, 6.07) is 11.0. The van der Waals surface area contributed by atoms with E-state index in [1.807, 2.05) is 32.0 Å². The van der Waals surface area contributed by atoms with E-state index in [1.54, 1.807) is 18.2 Å². The Bertz CT molecular complexity index is 768. The summed E-state index contributed by atoms with van der Waals surface area (Å²) in [5, 5.41) is 2.84. The number of amides is 2. The van der Waals surface area contributed by atoms with Gasteiger partial charge in [-0.3, -0.25) is 9.59 Å². The fourth-order valence-electron chi connectivity index (χ4n) is 2.90. The molecule has 0 unspecified atom stereocenters. The van der Waals surface area contributed by atoms with Crippen LogP contribution in [-0.4, -0.2) is 17.9 Å². The van der Waals surface area contributed by atoms with Gasteiger partial charge in [-0.15, -0.1) is 0 Å². The van der Waals surface area contributed by atoms with Crippen molar-refractivity contribution in [1.29, 1.82) is 0 Å². The Balaban J connectivity index is 1.90. The summed E-state index contributed by atoms with van der Waals surface area (Å²) in [4.78, 5) is 26.2. The number of hydrogen-bond acceptors (Lipinski definition) is 3. The molecule has 1 heterocycles. The third kappa shape index (κ3) is 2.70. The van der Waals surface area contributed by atoms with Crippen molar-refractivity contribution in [3.8, 4) is 0 Å². The molecule has 1 N–H and O–H groups in total. The van der Waals surface area contributed by atoms with E-state index in [9.17, 15) is 14.0 Å². The largest absolute Gasteiger partial charge is 0.371 e. The van der Waals surface area contributed by atoms with Gasteiger partial charge in [0.05, 0.1) is 17.8 Å². The van der Waals surface area contributed by atoms with E-state index in [0.717, 1.165) is 11.1 Å². The number of halogens is 1. The first-order chi connectivity index (χ1) is 11.0. The van der Waals surface area contributed by atoms with Crippen LogP contribution in [0.3, 0.4) is 0 Å². The van der Waals surface area contributed by atoms with Crippen LogP contribution in [0.15, 0.2) is 42.5 Å². The zero-order valence-corrected chi connectivity index (χ0v) is 13.0. The van der Waals surface area contributed by atoms with E-state index in [-0.39, 0.29) is 23.9 Å². The summed E-state index contributed by atoms with van der Waals surface area (Å²) in [6.07, 6.45) is 0.0148. The number of imide groups is 1. The van der Waals surface area contributed by atoms with Gasteiger partial charge in [-0.1, -0.05) is 30.3 Å². The lowest BCUT2D eigenvalue weighted by Crippen LogP contribution is -2.35. The Morgan fingerprint density at radius 2 is 1.70 bits per heavy atom. The first kappa shape index (κ1) is 15.2. The molecule has 0 saturated carbocycles. The third-order valence-electron chi connectivity index (χ3n) is 4.01. The zero-order valence-electron chi connectivity index (χ0n) is 13.0. The second-order valence-electron chi connectivity index (χ2n) is 5.69. The monoisotopic (exact) mass is 312 g/mol. The van der Waals surface area contributed by atoms with E-state index in [2.05, 4.69) is 5.32 Å². The molecule has 4 nitrogen and oxygen atoms in total. The molecule has 3 rings (SSSR count). The number of nitrogens with zero attached hydrogens (tertiary/aromatic N) is 1. The Morgan fingerprint density at radius 1 is 1.04 bits per heavy atom. The van der Waals surface area contributed by atoms with Crippen molar-refractivity contribution in [2.24, 2.45) is 0 Å². The number of carbonyl (C=O) groups excluding carboxylic acids is 2. The lowest BCUT2D eigenvalue weighted by atomic mass is 10.1. The standard InChI is InChI=1S/C18H17FN2O2/c1-11-6-5-7-12(2)17(11)21-16(22)10-15(18(21)23)20-14-9-4-3-8-13(14)19/h3-9,15,20H,10H2,1-2H3/t15-/m0/s1. The molecule has 1 saturated heterocycles. The molecular weight excluding hydrogens is 295 g/mol. The van der Waals surface area contributed by atoms with E-state index in [1.165, 1.54) is 11.0 Å². The average molecular weight is 312 g/mol. The van der Waals surface area contributed by atoms with Gasteiger partial charge in [-0.05, 0) is 37.1 Å². The topological polar surface area (TPSA) is 49.4 Å². The van der Waals surface area contributed by atoms with Crippen molar-refractivity contribution in [3.63, 3.8) is 0 Å². The number of para-hydroxylation sites is 2. The molecule has 0 aromatic heterocycles. The molecule has 118 valence electrons. The fraction of sp³-hybridized carbons (Fsp3) is 0.222. The first-order valence-electron chi connectivity index (χ1n) is 7.43. The van der Waals surface area contributed by atoms with Gasteiger partial charge in [-0.2, -0.15) is 0 Å². The minimum absolute atomic E-state index is 0.0148. The van der Waals surface area contributed by atoms with Gasteiger partial charge in [0.1, 0.15) is 11.9 Å². The highest BCUT2D eigenvalue weighted by Gasteiger charge is 2.40. The highest BCUT2D eigenvalue weighted by Crippen LogP contribution is 2.30. The molecule has 0 aliphatic carbocycles. The molecule has 0 bridgehead atoms. The predicted molar refractivity (Wildman–Crippen MR) is 86.8 cm³/mol. The Morgan fingerprint density at radius 3 is 2.35 bits per heavy atom. The quantitative estimate of drug-likeness (QED) is 0.886. The molecule has 1 atom stereocenters. The summed E-state index contributed by atoms with van der Waals surface area (Å²) in [5.74, 6) is -1.07. The molecule has 2 aromatic carbocycles. The van der Waals surface area contributed by atoms with Gasteiger partial charge in [0, 0.05) is 0 Å². The molecule has 2 amide bonds. The normalized spacial score (nSPS) is 17.7. The Hall–Kier alpha value is -2.69. The van der Waals surface area contributed by atoms with E-state index < -0.39 is 11.9 Å². The number of anilines is 2. The van der Waals surface area contributed by atoms with Crippen LogP contribution in [0, 0.1) is 19.7 Å². The smallest absolute Gasteiger partial charge is 0.256 e. The SMILES string of the molecule is Cc1cccc(C)c1N1C(=O)C[C@H](Nc2ccccc2F)C1=O. The minimum atomic E-state index is -0.751. The van der Waals surface area contributed by atoms with Crippen LogP contribution in [0.1, 0.15) is 17.5 Å². The maximum Gasteiger partial charge on any atom is 0.256 e. The van der Waals surface area contributed by atoms with Crippen LogP contribution in [0.25, 0.3) is 0 Å². The van der Waals surface area contributed by atoms with Gasteiger partial charge < -0.3 is 5.32 Å². The van der Waals surface area contributed by atoms with Gasteiger partial charge in [-0.25, -0.2) is 9.29 Å². The predicted octanol–water partition coefficient (Wildman–Crippen LogP) is 3.19. The fourth-order valence-corrected chi connectivity index (χ4v) is 2.90. The zero-order chi connectivity index (χ0) is 16.6. The van der Waals surface area contributed by atoms with Crippen LogP contribution < -0.4 is 10.2 Å². The Kier molecular flexibility index (Phi) is 3.86. The maximum absolute atomic E-state index is 13.7. The summed E-state index contributed by atoms with van der Waals surface area (Å²) in [6.45, 7) is 3.72. The average Bonchev–Trinajstić information content (AvgIpc) is 2.77. The van der Waals surface area contributed by atoms with E-state index >= 15 is 0 Å². The van der Waals surface area contributed by atoms with Crippen molar-refractivity contribution in [2.45, 2.75) is 26.3 Å². The molecular formula is C18H17FN2O2. The number of nitrogens with one attached hydrogen (secondary N) is 1. The summed E-state index contributed by atoms with van der Waals surface area (Å²) >= 11 is 0. The van der Waals surface area contributed by atoms with Crippen molar-refractivity contribution in [3.05, 3.63) is 59.4 Å². The molecule has 0 spiro atoms. The van der Waals surface area contributed by atoms with Crippen LogP contribution in [-0.2, 0) is 9.59 Å². The van der Waals surface area contributed by atoms with Crippen LogP contribution >= 0.6 is 0 Å². The molecule has 1 aliphatic rings. The van der Waals surface area contributed by atoms with Crippen molar-refractivity contribution in [2.75, 3.05) is 10.2 Å². The van der Waals surface area contributed by atoms with Crippen molar-refractivity contribution < 1.29 is 14.0 Å². The number of aryl methyl sites for hydroxylation is 2. The molecule has 0 radical (unpaired) electrons. The molecule has 23 heavy (non-hydrogen) atoms. The summed E-state index contributed by atoms with van der Waals surface area (Å²) in [5.41, 5.74) is 2.57. The van der Waals surface area contributed by atoms with E-state index in [0.29, 0.717) is 5.69 Å². The van der Waals surface area contributed by atoms with E-state index in [4.69, 9.17) is 0 Å². The lowest BCUT2D eigenvalue weighted by molar-refractivity contribution is -0.121. The van der Waals surface area contributed by atoms with Crippen molar-refractivity contribution >= 4 is 23.2 Å². The highest BCUT2D eigenvalue weighted by molar-refractivity contribution is 6.23. The number of carbonyl (C=O) groups is 2. The van der Waals surface area contributed by atoms with Gasteiger partial charge in [0.25, 0.3) is 5.91 Å². The van der Waals surface area contributed by atoms with Crippen LogP contribution in [0.2, 0.25) is 0 Å². The highest BCUT2D eigenvalue weighted by atomic mass is 19.1. The first-order valence-corrected chi connectivity index (χ1v) is 7.43. The Labute approximate surface area is 133 Å². The number of rotatable bonds is 3. The summed E-state index contributed by atoms with van der Waals surface area (Å²) in [7, 11) is 0.